The molecule has 0 aliphatic heterocycles. The highest BCUT2D eigenvalue weighted by atomic mass is 16.4. The van der Waals surface area contributed by atoms with Crippen molar-refractivity contribution in [2.45, 2.75) is 13.8 Å². The van der Waals surface area contributed by atoms with E-state index in [0.717, 1.165) is 5.56 Å². The summed E-state index contributed by atoms with van der Waals surface area (Å²) in [7, 11) is 0. The number of aromatic nitrogens is 3. The smallest absolute Gasteiger partial charge is 0.404 e. The zero-order chi connectivity index (χ0) is 15.2. The van der Waals surface area contributed by atoms with Crippen molar-refractivity contribution in [3.8, 4) is 11.5 Å². The fourth-order valence-corrected chi connectivity index (χ4v) is 1.65. The Morgan fingerprint density at radius 3 is 2.76 bits per heavy atom. The Balaban J connectivity index is 1.86. The van der Waals surface area contributed by atoms with E-state index in [1.165, 1.54) is 0 Å². The first-order valence-electron chi connectivity index (χ1n) is 6.52. The number of aryl methyl sites for hydroxylation is 1. The molecule has 2 rings (SSSR count). The minimum absolute atomic E-state index is 0.154. The van der Waals surface area contributed by atoms with Gasteiger partial charge in [-0.3, -0.25) is 0 Å². The summed E-state index contributed by atoms with van der Waals surface area (Å²) in [5.41, 5.74) is 0.752. The van der Waals surface area contributed by atoms with Gasteiger partial charge in [-0.05, 0) is 18.1 Å². The molecule has 0 fully saturated rings. The number of carboxylic acid groups (broad SMARTS) is 1. The second-order valence-electron chi connectivity index (χ2n) is 4.73. The van der Waals surface area contributed by atoms with Gasteiger partial charge in [-0.2, -0.15) is 0 Å². The number of pyridine rings is 1. The molecule has 3 N–H and O–H groups in total. The maximum absolute atomic E-state index is 10.4. The number of nitrogens with zero attached hydrogens (tertiary/aromatic N) is 3. The van der Waals surface area contributed by atoms with Gasteiger partial charge in [0.2, 0.25) is 11.8 Å². The maximum atomic E-state index is 10.4. The van der Waals surface area contributed by atoms with Gasteiger partial charge < -0.3 is 20.2 Å². The van der Waals surface area contributed by atoms with Crippen LogP contribution < -0.4 is 10.6 Å². The van der Waals surface area contributed by atoms with Crippen LogP contribution in [0.2, 0.25) is 0 Å². The molecule has 2 heterocycles. The minimum Gasteiger partial charge on any atom is -0.465 e. The zero-order valence-corrected chi connectivity index (χ0v) is 11.8. The molecule has 8 nitrogen and oxygen atoms in total. The van der Waals surface area contributed by atoms with Crippen molar-refractivity contribution >= 4 is 11.9 Å². The summed E-state index contributed by atoms with van der Waals surface area (Å²) in [4.78, 5) is 14.6. The van der Waals surface area contributed by atoms with Gasteiger partial charge in [-0.1, -0.05) is 6.92 Å². The van der Waals surface area contributed by atoms with E-state index in [1.807, 2.05) is 19.1 Å². The van der Waals surface area contributed by atoms with E-state index >= 15 is 0 Å². The quantitative estimate of drug-likeness (QED) is 0.743. The normalized spacial score (nSPS) is 11.9. The van der Waals surface area contributed by atoms with Crippen molar-refractivity contribution in [3.05, 3.63) is 24.2 Å². The molecular weight excluding hydrogens is 274 g/mol. The summed E-state index contributed by atoms with van der Waals surface area (Å²) >= 11 is 0. The van der Waals surface area contributed by atoms with E-state index in [-0.39, 0.29) is 5.92 Å². The first-order chi connectivity index (χ1) is 10.0. The summed E-state index contributed by atoms with van der Waals surface area (Å²) in [6.07, 6.45) is 0.634. The van der Waals surface area contributed by atoms with E-state index in [1.54, 1.807) is 13.1 Å². The fraction of sp³-hybridized carbons (Fsp3) is 0.385. The number of hydrogen-bond donors (Lipinski definition) is 3. The second-order valence-corrected chi connectivity index (χ2v) is 4.73. The Morgan fingerprint density at radius 2 is 2.19 bits per heavy atom. The largest absolute Gasteiger partial charge is 0.465 e. The average molecular weight is 291 g/mol. The lowest BCUT2D eigenvalue weighted by atomic mass is 10.2. The van der Waals surface area contributed by atoms with E-state index in [4.69, 9.17) is 9.52 Å². The predicted molar refractivity (Wildman–Crippen MR) is 75.9 cm³/mol. The molecule has 0 saturated carbocycles. The molecule has 2 aromatic rings. The minimum atomic E-state index is -1.01. The molecular formula is C13H17N5O3. The first kappa shape index (κ1) is 14.8. The lowest BCUT2D eigenvalue weighted by Gasteiger charge is -2.12. The van der Waals surface area contributed by atoms with Gasteiger partial charge >= 0.3 is 6.09 Å². The van der Waals surface area contributed by atoms with Crippen LogP contribution in [-0.2, 0) is 0 Å². The van der Waals surface area contributed by atoms with Crippen LogP contribution in [0, 0.1) is 12.8 Å². The van der Waals surface area contributed by atoms with Crippen molar-refractivity contribution in [1.29, 1.82) is 0 Å². The van der Waals surface area contributed by atoms with E-state index < -0.39 is 6.09 Å². The van der Waals surface area contributed by atoms with Gasteiger partial charge in [-0.25, -0.2) is 9.78 Å². The number of anilines is 1. The summed E-state index contributed by atoms with van der Waals surface area (Å²) < 4.78 is 5.32. The van der Waals surface area contributed by atoms with Crippen LogP contribution in [0.4, 0.5) is 10.6 Å². The molecule has 0 saturated heterocycles. The topological polar surface area (TPSA) is 113 Å². The maximum Gasteiger partial charge on any atom is 0.404 e. The van der Waals surface area contributed by atoms with E-state index in [0.29, 0.717) is 30.7 Å². The van der Waals surface area contributed by atoms with Crippen molar-refractivity contribution in [2.75, 3.05) is 18.4 Å². The summed E-state index contributed by atoms with van der Waals surface area (Å²) in [5.74, 6) is 1.80. The summed E-state index contributed by atoms with van der Waals surface area (Å²) in [6, 6.07) is 3.65. The summed E-state index contributed by atoms with van der Waals surface area (Å²) in [5, 5.41) is 21.7. The zero-order valence-electron chi connectivity index (χ0n) is 11.8. The molecule has 0 radical (unpaired) electrons. The third kappa shape index (κ3) is 4.44. The van der Waals surface area contributed by atoms with Crippen LogP contribution in [-0.4, -0.2) is 39.5 Å². The van der Waals surface area contributed by atoms with Crippen LogP contribution in [0.3, 0.4) is 0 Å². The van der Waals surface area contributed by atoms with Crippen LogP contribution in [0.1, 0.15) is 12.8 Å². The van der Waals surface area contributed by atoms with Gasteiger partial charge in [0.1, 0.15) is 5.82 Å². The van der Waals surface area contributed by atoms with Crippen molar-refractivity contribution in [2.24, 2.45) is 5.92 Å². The SMILES string of the molecule is Cc1nnc(-c2ccc(NCC(C)CNC(=O)O)nc2)o1. The van der Waals surface area contributed by atoms with Crippen molar-refractivity contribution < 1.29 is 14.3 Å². The fourth-order valence-electron chi connectivity index (χ4n) is 1.65. The predicted octanol–water partition coefficient (Wildman–Crippen LogP) is 1.76. The van der Waals surface area contributed by atoms with Crippen LogP contribution in [0.25, 0.3) is 11.5 Å². The molecule has 21 heavy (non-hydrogen) atoms. The number of carbonyl (C=O) groups is 1. The highest BCUT2D eigenvalue weighted by Gasteiger charge is 2.07. The second kappa shape index (κ2) is 6.69. The lowest BCUT2D eigenvalue weighted by molar-refractivity contribution is 0.193. The highest BCUT2D eigenvalue weighted by Crippen LogP contribution is 2.17. The van der Waals surface area contributed by atoms with Gasteiger partial charge in [0.25, 0.3) is 0 Å². The molecule has 0 bridgehead atoms. The van der Waals surface area contributed by atoms with Crippen molar-refractivity contribution in [3.63, 3.8) is 0 Å². The Labute approximate surface area is 121 Å². The molecule has 1 atom stereocenters. The number of hydrogen-bond acceptors (Lipinski definition) is 6. The van der Waals surface area contributed by atoms with E-state index in [2.05, 4.69) is 25.8 Å². The Kier molecular flexibility index (Phi) is 4.70. The van der Waals surface area contributed by atoms with Gasteiger partial charge in [-0.15, -0.1) is 10.2 Å². The lowest BCUT2D eigenvalue weighted by Crippen LogP contribution is -2.29. The summed E-state index contributed by atoms with van der Waals surface area (Å²) in [6.45, 7) is 4.68. The molecule has 1 unspecified atom stereocenters. The van der Waals surface area contributed by atoms with Gasteiger partial charge in [0, 0.05) is 26.2 Å². The Hall–Kier alpha value is -2.64. The number of rotatable bonds is 6. The van der Waals surface area contributed by atoms with Crippen LogP contribution in [0.15, 0.2) is 22.7 Å². The molecule has 8 heteroatoms. The third-order valence-corrected chi connectivity index (χ3v) is 2.77. The molecule has 112 valence electrons. The standard InChI is InChI=1S/C13H17N5O3/c1-8(6-16-13(19)20)5-14-11-4-3-10(7-15-11)12-18-17-9(2)21-12/h3-4,7-8,16H,5-6H2,1-2H3,(H,14,15)(H,19,20). The number of amides is 1. The van der Waals surface area contributed by atoms with Gasteiger partial charge in [0.15, 0.2) is 0 Å². The molecule has 1 amide bonds. The number of nitrogens with one attached hydrogen (secondary N) is 2. The highest BCUT2D eigenvalue weighted by molar-refractivity contribution is 5.64. The van der Waals surface area contributed by atoms with Crippen LogP contribution in [0.5, 0.6) is 0 Å². The molecule has 0 aromatic carbocycles. The third-order valence-electron chi connectivity index (χ3n) is 2.77. The van der Waals surface area contributed by atoms with E-state index in [9.17, 15) is 4.79 Å². The van der Waals surface area contributed by atoms with Gasteiger partial charge in [0.05, 0.1) is 5.56 Å². The molecule has 0 aliphatic rings. The molecule has 0 aliphatic carbocycles. The average Bonchev–Trinajstić information content (AvgIpc) is 2.90. The van der Waals surface area contributed by atoms with Crippen molar-refractivity contribution in [1.82, 2.24) is 20.5 Å². The first-order valence-corrected chi connectivity index (χ1v) is 6.52. The Morgan fingerprint density at radius 1 is 1.38 bits per heavy atom. The van der Waals surface area contributed by atoms with Crippen LogP contribution >= 0.6 is 0 Å². The monoisotopic (exact) mass is 291 g/mol. The molecule has 0 spiro atoms. The Bertz CT molecular complexity index is 596. The molecule has 2 aromatic heterocycles.